The van der Waals surface area contributed by atoms with Crippen LogP contribution in [0.15, 0.2) is 41.2 Å². The number of hydrogen-bond acceptors (Lipinski definition) is 4. The maximum Gasteiger partial charge on any atom is 0.317 e. The van der Waals surface area contributed by atoms with Crippen LogP contribution in [0.2, 0.25) is 5.02 Å². The van der Waals surface area contributed by atoms with E-state index in [0.29, 0.717) is 16.3 Å². The van der Waals surface area contributed by atoms with Gasteiger partial charge in [0.05, 0.1) is 33.6 Å². The Morgan fingerprint density at radius 2 is 1.88 bits per heavy atom. The molecule has 0 bridgehead atoms. The molecule has 1 aliphatic carbocycles. The Bertz CT molecular complexity index is 1350. The highest BCUT2D eigenvalue weighted by Crippen LogP contribution is 2.52. The SMILES string of the molecule is O=C(O)CN1CCC(c2ccc3c(c2)C2(CCCCC2)c2nc(=O)c4c(Cl)cccc4n2-3)CC1. The van der Waals surface area contributed by atoms with Gasteiger partial charge >= 0.3 is 5.97 Å². The van der Waals surface area contributed by atoms with Gasteiger partial charge in [0.2, 0.25) is 0 Å². The number of carboxylic acids is 1. The molecule has 3 aliphatic rings. The van der Waals surface area contributed by atoms with Crippen molar-refractivity contribution in [3.05, 3.63) is 68.7 Å². The molecule has 1 spiro atoms. The molecule has 176 valence electrons. The van der Waals surface area contributed by atoms with E-state index in [1.54, 1.807) is 6.07 Å². The van der Waals surface area contributed by atoms with Crippen molar-refractivity contribution >= 4 is 28.5 Å². The van der Waals surface area contributed by atoms with E-state index in [1.165, 1.54) is 17.5 Å². The van der Waals surface area contributed by atoms with Crippen LogP contribution < -0.4 is 5.56 Å². The Hall–Kier alpha value is -2.70. The molecule has 1 N–H and O–H groups in total. The predicted molar refractivity (Wildman–Crippen MR) is 132 cm³/mol. The van der Waals surface area contributed by atoms with Crippen molar-refractivity contribution in [2.24, 2.45) is 0 Å². The number of fused-ring (bicyclic) bond motifs is 7. The summed E-state index contributed by atoms with van der Waals surface area (Å²) in [7, 11) is 0. The summed E-state index contributed by atoms with van der Waals surface area (Å²) in [5.41, 5.74) is 4.08. The van der Waals surface area contributed by atoms with Crippen LogP contribution in [0.25, 0.3) is 16.6 Å². The fraction of sp³-hybridized carbons (Fsp3) is 0.444. The van der Waals surface area contributed by atoms with Crippen molar-refractivity contribution in [1.82, 2.24) is 14.5 Å². The Morgan fingerprint density at radius 1 is 1.12 bits per heavy atom. The molecule has 2 aliphatic heterocycles. The van der Waals surface area contributed by atoms with Gasteiger partial charge in [-0.05, 0) is 74.0 Å². The first-order valence-electron chi connectivity index (χ1n) is 12.3. The van der Waals surface area contributed by atoms with Crippen LogP contribution >= 0.6 is 11.6 Å². The highest BCUT2D eigenvalue weighted by atomic mass is 35.5. The zero-order valence-corrected chi connectivity index (χ0v) is 19.9. The van der Waals surface area contributed by atoms with Gasteiger partial charge in [0.1, 0.15) is 5.82 Å². The molecule has 0 atom stereocenters. The van der Waals surface area contributed by atoms with Gasteiger partial charge in [-0.2, -0.15) is 4.98 Å². The lowest BCUT2D eigenvalue weighted by atomic mass is 9.69. The van der Waals surface area contributed by atoms with Gasteiger partial charge in [0.15, 0.2) is 0 Å². The number of rotatable bonds is 3. The quantitative estimate of drug-likeness (QED) is 0.582. The Labute approximate surface area is 203 Å². The Kier molecular flexibility index (Phi) is 5.26. The van der Waals surface area contributed by atoms with Crippen molar-refractivity contribution in [3.63, 3.8) is 0 Å². The Morgan fingerprint density at radius 3 is 2.62 bits per heavy atom. The third-order valence-corrected chi connectivity index (χ3v) is 8.51. The highest BCUT2D eigenvalue weighted by molar-refractivity contribution is 6.35. The highest BCUT2D eigenvalue weighted by Gasteiger charge is 2.46. The second-order valence-electron chi connectivity index (χ2n) is 10.1. The van der Waals surface area contributed by atoms with Gasteiger partial charge in [-0.1, -0.05) is 49.1 Å². The third-order valence-electron chi connectivity index (χ3n) is 8.20. The molecule has 3 heterocycles. The van der Waals surface area contributed by atoms with Crippen molar-refractivity contribution in [2.45, 2.75) is 56.3 Å². The average molecular weight is 478 g/mol. The van der Waals surface area contributed by atoms with Crippen LogP contribution in [-0.2, 0) is 10.2 Å². The lowest BCUT2D eigenvalue weighted by Gasteiger charge is -2.35. The maximum absolute atomic E-state index is 13.1. The van der Waals surface area contributed by atoms with Crippen molar-refractivity contribution in [2.75, 3.05) is 19.6 Å². The van der Waals surface area contributed by atoms with Crippen LogP contribution in [0.4, 0.5) is 0 Å². The number of carboxylic acid groups (broad SMARTS) is 1. The van der Waals surface area contributed by atoms with Crippen LogP contribution in [0.5, 0.6) is 0 Å². The largest absolute Gasteiger partial charge is 0.480 e. The predicted octanol–water partition coefficient (Wildman–Crippen LogP) is 4.87. The molecule has 2 fully saturated rings. The standard InChI is InChI=1S/C27H28ClN3O3/c28-20-5-4-6-22-24(20)25(34)29-26-27(11-2-1-3-12-27)19-15-18(7-8-21(19)31(22)26)17-9-13-30(14-10-17)16-23(32)33/h4-8,15,17H,1-3,9-14,16H2,(H,32,33). The van der Waals surface area contributed by atoms with Crippen molar-refractivity contribution in [1.29, 1.82) is 0 Å². The van der Waals surface area contributed by atoms with E-state index in [-0.39, 0.29) is 17.5 Å². The first-order chi connectivity index (χ1) is 16.5. The van der Waals surface area contributed by atoms with Crippen molar-refractivity contribution in [3.8, 4) is 5.69 Å². The molecule has 0 unspecified atom stereocenters. The minimum absolute atomic E-state index is 0.116. The second-order valence-corrected chi connectivity index (χ2v) is 10.5. The van der Waals surface area contributed by atoms with E-state index < -0.39 is 5.97 Å². The minimum Gasteiger partial charge on any atom is -0.480 e. The molecule has 1 aromatic heterocycles. The van der Waals surface area contributed by atoms with Crippen LogP contribution in [-0.4, -0.2) is 45.2 Å². The summed E-state index contributed by atoms with van der Waals surface area (Å²) in [6, 6.07) is 12.4. The molecule has 6 rings (SSSR count). The zero-order chi connectivity index (χ0) is 23.4. The number of hydrogen-bond donors (Lipinski definition) is 1. The molecular weight excluding hydrogens is 450 g/mol. The number of nitrogens with zero attached hydrogens (tertiary/aromatic N) is 3. The topological polar surface area (TPSA) is 75.4 Å². The number of likely N-dealkylation sites (tertiary alicyclic amines) is 1. The number of aliphatic carboxylic acids is 1. The van der Waals surface area contributed by atoms with E-state index in [4.69, 9.17) is 16.7 Å². The molecule has 1 saturated heterocycles. The van der Waals surface area contributed by atoms with Gasteiger partial charge in [-0.15, -0.1) is 0 Å². The minimum atomic E-state index is -0.761. The summed E-state index contributed by atoms with van der Waals surface area (Å²) >= 11 is 6.44. The summed E-state index contributed by atoms with van der Waals surface area (Å²) < 4.78 is 2.18. The lowest BCUT2D eigenvalue weighted by Crippen LogP contribution is -2.36. The molecule has 7 heteroatoms. The molecule has 6 nitrogen and oxygen atoms in total. The summed E-state index contributed by atoms with van der Waals surface area (Å²) in [6.07, 6.45) is 7.38. The van der Waals surface area contributed by atoms with E-state index in [2.05, 4.69) is 27.8 Å². The van der Waals surface area contributed by atoms with Gasteiger partial charge < -0.3 is 5.11 Å². The van der Waals surface area contributed by atoms with E-state index in [0.717, 1.165) is 68.6 Å². The Balaban J connectivity index is 1.47. The second kappa shape index (κ2) is 8.21. The monoisotopic (exact) mass is 477 g/mol. The normalized spacial score (nSPS) is 19.9. The van der Waals surface area contributed by atoms with Gasteiger partial charge in [0, 0.05) is 0 Å². The average Bonchev–Trinajstić information content (AvgIpc) is 3.08. The van der Waals surface area contributed by atoms with Crippen LogP contribution in [0.1, 0.15) is 67.8 Å². The van der Waals surface area contributed by atoms with Gasteiger partial charge in [0.25, 0.3) is 5.56 Å². The van der Waals surface area contributed by atoms with E-state index >= 15 is 0 Å². The molecule has 34 heavy (non-hydrogen) atoms. The molecular formula is C27H28ClN3O3. The molecule has 3 aromatic rings. The number of carbonyl (C=O) groups is 1. The summed E-state index contributed by atoms with van der Waals surface area (Å²) in [5, 5.41) is 10.0. The van der Waals surface area contributed by atoms with E-state index in [9.17, 15) is 9.59 Å². The van der Waals surface area contributed by atoms with Gasteiger partial charge in [-0.25, -0.2) is 0 Å². The van der Waals surface area contributed by atoms with Crippen molar-refractivity contribution < 1.29 is 9.90 Å². The maximum atomic E-state index is 13.1. The fourth-order valence-corrected chi connectivity index (χ4v) is 6.81. The van der Waals surface area contributed by atoms with Crippen LogP contribution in [0.3, 0.4) is 0 Å². The lowest BCUT2D eigenvalue weighted by molar-refractivity contribution is -0.138. The number of benzene rings is 2. The number of aromatic nitrogens is 2. The number of halogens is 1. The molecule has 0 radical (unpaired) electrons. The summed E-state index contributed by atoms with van der Waals surface area (Å²) in [6.45, 7) is 1.72. The fourth-order valence-electron chi connectivity index (χ4n) is 6.56. The first kappa shape index (κ1) is 21.8. The summed E-state index contributed by atoms with van der Waals surface area (Å²) in [5.74, 6) is 0.525. The van der Waals surface area contributed by atoms with E-state index in [1.807, 2.05) is 17.0 Å². The first-order valence-corrected chi connectivity index (χ1v) is 12.7. The van der Waals surface area contributed by atoms with Gasteiger partial charge in [-0.3, -0.25) is 19.1 Å². The molecule has 0 amide bonds. The number of piperidine rings is 1. The molecule has 1 saturated carbocycles. The molecule has 2 aromatic carbocycles. The zero-order valence-electron chi connectivity index (χ0n) is 19.1. The smallest absolute Gasteiger partial charge is 0.317 e. The third kappa shape index (κ3) is 3.30. The van der Waals surface area contributed by atoms with Crippen LogP contribution in [0, 0.1) is 0 Å². The summed E-state index contributed by atoms with van der Waals surface area (Å²) in [4.78, 5) is 30.9.